The van der Waals surface area contributed by atoms with Crippen LogP contribution in [0.2, 0.25) is 5.02 Å². The topological polar surface area (TPSA) is 76.1 Å². The van der Waals surface area contributed by atoms with Crippen molar-refractivity contribution >= 4 is 29.0 Å². The molecular weight excluding hydrogens is 352 g/mol. The molecule has 0 aliphatic heterocycles. The maximum Gasteiger partial charge on any atom is 0.263 e. The number of amides is 1. The van der Waals surface area contributed by atoms with Gasteiger partial charge in [0.25, 0.3) is 5.91 Å². The fourth-order valence-electron chi connectivity index (χ4n) is 2.14. The third-order valence-electron chi connectivity index (χ3n) is 3.43. The third kappa shape index (κ3) is 5.46. The van der Waals surface area contributed by atoms with Crippen LogP contribution in [-0.4, -0.2) is 22.5 Å². The second kappa shape index (κ2) is 8.82. The van der Waals surface area contributed by atoms with Crippen LogP contribution >= 0.6 is 11.6 Å². The van der Waals surface area contributed by atoms with Crippen LogP contribution < -0.4 is 15.4 Å². The Kier molecular flexibility index (Phi) is 6.01. The molecule has 3 aromatic rings. The van der Waals surface area contributed by atoms with Crippen LogP contribution in [-0.2, 0) is 11.3 Å². The van der Waals surface area contributed by atoms with Gasteiger partial charge in [-0.1, -0.05) is 17.7 Å². The maximum atomic E-state index is 11.9. The number of aromatic nitrogens is 2. The van der Waals surface area contributed by atoms with Gasteiger partial charge in [0, 0.05) is 24.0 Å². The molecule has 26 heavy (non-hydrogen) atoms. The molecule has 6 nitrogen and oxygen atoms in total. The predicted molar refractivity (Wildman–Crippen MR) is 101 cm³/mol. The molecule has 2 heterocycles. The van der Waals surface area contributed by atoms with Crippen molar-refractivity contribution in [2.75, 3.05) is 17.2 Å². The quantitative estimate of drug-likeness (QED) is 0.664. The molecule has 0 saturated carbocycles. The summed E-state index contributed by atoms with van der Waals surface area (Å²) in [7, 11) is 0. The van der Waals surface area contributed by atoms with E-state index < -0.39 is 0 Å². The minimum Gasteiger partial charge on any atom is -0.484 e. The molecule has 2 N–H and O–H groups in total. The number of halogens is 1. The number of ether oxygens (including phenoxy) is 1. The Hall–Kier alpha value is -3.12. The van der Waals surface area contributed by atoms with E-state index in [1.54, 1.807) is 48.9 Å². The van der Waals surface area contributed by atoms with Gasteiger partial charge >= 0.3 is 0 Å². The first kappa shape index (κ1) is 17.7. The van der Waals surface area contributed by atoms with Crippen LogP contribution in [0.3, 0.4) is 0 Å². The zero-order valence-electron chi connectivity index (χ0n) is 13.9. The summed E-state index contributed by atoms with van der Waals surface area (Å²) < 4.78 is 5.39. The van der Waals surface area contributed by atoms with Crippen LogP contribution in [0, 0.1) is 0 Å². The first-order valence-corrected chi connectivity index (χ1v) is 8.34. The highest BCUT2D eigenvalue weighted by Crippen LogP contribution is 2.15. The molecule has 1 aromatic carbocycles. The first-order valence-electron chi connectivity index (χ1n) is 7.96. The summed E-state index contributed by atoms with van der Waals surface area (Å²) in [4.78, 5) is 20.2. The Morgan fingerprint density at radius 1 is 1.08 bits per heavy atom. The van der Waals surface area contributed by atoms with Gasteiger partial charge in [-0.05, 0) is 48.0 Å². The van der Waals surface area contributed by atoms with Crippen molar-refractivity contribution in [1.29, 1.82) is 0 Å². The SMILES string of the molecule is O=C(COc1ccc(Cl)cc1)Nc1ccc(NCc2cccnc2)cn1. The van der Waals surface area contributed by atoms with Gasteiger partial charge in [0.2, 0.25) is 0 Å². The molecule has 0 radical (unpaired) electrons. The van der Waals surface area contributed by atoms with Gasteiger partial charge in [-0.15, -0.1) is 0 Å². The molecule has 0 saturated heterocycles. The molecule has 0 spiro atoms. The average molecular weight is 369 g/mol. The van der Waals surface area contributed by atoms with Crippen molar-refractivity contribution in [3.63, 3.8) is 0 Å². The summed E-state index contributed by atoms with van der Waals surface area (Å²) in [6, 6.07) is 14.3. The van der Waals surface area contributed by atoms with Crippen LogP contribution in [0.25, 0.3) is 0 Å². The Morgan fingerprint density at radius 3 is 2.62 bits per heavy atom. The number of nitrogens with zero attached hydrogens (tertiary/aromatic N) is 2. The fourth-order valence-corrected chi connectivity index (χ4v) is 2.26. The molecule has 0 aliphatic carbocycles. The van der Waals surface area contributed by atoms with Gasteiger partial charge in [-0.25, -0.2) is 4.98 Å². The second-order valence-electron chi connectivity index (χ2n) is 5.44. The molecule has 0 fully saturated rings. The number of pyridine rings is 2. The van der Waals surface area contributed by atoms with Crippen molar-refractivity contribution in [2.24, 2.45) is 0 Å². The molecule has 2 aromatic heterocycles. The van der Waals surface area contributed by atoms with E-state index in [1.165, 1.54) is 0 Å². The number of hydrogen-bond acceptors (Lipinski definition) is 5. The Bertz CT molecular complexity index is 840. The summed E-state index contributed by atoms with van der Waals surface area (Å²) in [5.41, 5.74) is 1.92. The molecule has 0 aliphatic rings. The molecule has 0 unspecified atom stereocenters. The minimum absolute atomic E-state index is 0.107. The Balaban J connectivity index is 1.45. The van der Waals surface area contributed by atoms with Gasteiger partial charge in [0.05, 0.1) is 11.9 Å². The number of nitrogens with one attached hydrogen (secondary N) is 2. The summed E-state index contributed by atoms with van der Waals surface area (Å²) in [6.45, 7) is 0.542. The van der Waals surface area contributed by atoms with E-state index in [-0.39, 0.29) is 12.5 Å². The monoisotopic (exact) mass is 368 g/mol. The number of carbonyl (C=O) groups is 1. The van der Waals surface area contributed by atoms with Gasteiger partial charge in [-0.3, -0.25) is 9.78 Å². The van der Waals surface area contributed by atoms with E-state index in [0.29, 0.717) is 23.1 Å². The van der Waals surface area contributed by atoms with Crippen molar-refractivity contribution in [3.8, 4) is 5.75 Å². The van der Waals surface area contributed by atoms with Crippen LogP contribution in [0.15, 0.2) is 67.1 Å². The number of rotatable bonds is 7. The van der Waals surface area contributed by atoms with Crippen molar-refractivity contribution < 1.29 is 9.53 Å². The highest BCUT2D eigenvalue weighted by atomic mass is 35.5. The number of anilines is 2. The van der Waals surface area contributed by atoms with Crippen molar-refractivity contribution in [1.82, 2.24) is 9.97 Å². The summed E-state index contributed by atoms with van der Waals surface area (Å²) in [5.74, 6) is 0.748. The van der Waals surface area contributed by atoms with Gasteiger partial charge in [0.15, 0.2) is 6.61 Å². The van der Waals surface area contributed by atoms with Crippen LogP contribution in [0.4, 0.5) is 11.5 Å². The lowest BCUT2D eigenvalue weighted by Gasteiger charge is -2.09. The maximum absolute atomic E-state index is 11.9. The van der Waals surface area contributed by atoms with Crippen LogP contribution in [0.1, 0.15) is 5.56 Å². The second-order valence-corrected chi connectivity index (χ2v) is 5.87. The first-order chi connectivity index (χ1) is 12.7. The van der Waals surface area contributed by atoms with Gasteiger partial charge < -0.3 is 15.4 Å². The molecule has 1 amide bonds. The molecular formula is C19H17ClN4O2. The number of hydrogen-bond donors (Lipinski definition) is 2. The van der Waals surface area contributed by atoms with E-state index in [9.17, 15) is 4.79 Å². The highest BCUT2D eigenvalue weighted by molar-refractivity contribution is 6.30. The van der Waals surface area contributed by atoms with Gasteiger partial charge in [-0.2, -0.15) is 0 Å². The summed E-state index contributed by atoms with van der Waals surface area (Å²) in [5, 5.41) is 6.54. The van der Waals surface area contributed by atoms with Crippen LogP contribution in [0.5, 0.6) is 5.75 Å². The zero-order chi connectivity index (χ0) is 18.2. The third-order valence-corrected chi connectivity index (χ3v) is 3.69. The molecule has 0 atom stereocenters. The molecule has 3 rings (SSSR count). The Labute approximate surface area is 156 Å². The normalized spacial score (nSPS) is 10.2. The van der Waals surface area contributed by atoms with Gasteiger partial charge in [0.1, 0.15) is 11.6 Å². The molecule has 7 heteroatoms. The van der Waals surface area contributed by atoms with E-state index in [4.69, 9.17) is 16.3 Å². The van der Waals surface area contributed by atoms with Crippen molar-refractivity contribution in [2.45, 2.75) is 6.54 Å². The fraction of sp³-hybridized carbons (Fsp3) is 0.105. The predicted octanol–water partition coefficient (Wildman–Crippen LogP) is 3.76. The summed E-state index contributed by atoms with van der Waals surface area (Å²) >= 11 is 5.80. The average Bonchev–Trinajstić information content (AvgIpc) is 2.68. The highest BCUT2D eigenvalue weighted by Gasteiger charge is 2.05. The van der Waals surface area contributed by atoms with Crippen molar-refractivity contribution in [3.05, 3.63) is 77.7 Å². The van der Waals surface area contributed by atoms with E-state index in [2.05, 4.69) is 20.6 Å². The summed E-state index contributed by atoms with van der Waals surface area (Å²) in [6.07, 6.45) is 5.20. The van der Waals surface area contributed by atoms with E-state index in [0.717, 1.165) is 11.3 Å². The number of benzene rings is 1. The van der Waals surface area contributed by atoms with E-state index >= 15 is 0 Å². The smallest absolute Gasteiger partial charge is 0.263 e. The molecule has 0 bridgehead atoms. The lowest BCUT2D eigenvalue weighted by Crippen LogP contribution is -2.20. The molecule has 132 valence electrons. The van der Waals surface area contributed by atoms with E-state index in [1.807, 2.05) is 18.2 Å². The minimum atomic E-state index is -0.288. The number of carbonyl (C=O) groups excluding carboxylic acids is 1. The standard InChI is InChI=1S/C19H17ClN4O2/c20-15-3-6-17(7-4-15)26-13-19(25)24-18-8-5-16(12-23-18)22-11-14-2-1-9-21-10-14/h1-10,12,22H,11,13H2,(H,23,24,25). The Morgan fingerprint density at radius 2 is 1.92 bits per heavy atom. The zero-order valence-corrected chi connectivity index (χ0v) is 14.6. The lowest BCUT2D eigenvalue weighted by atomic mass is 10.3. The largest absolute Gasteiger partial charge is 0.484 e. The lowest BCUT2D eigenvalue weighted by molar-refractivity contribution is -0.118.